The number of esters is 1. The molecule has 1 aliphatic rings. The number of nitrogens with zero attached hydrogens (tertiary/aromatic N) is 1. The van der Waals surface area contributed by atoms with Gasteiger partial charge in [-0.15, -0.1) is 0 Å². The minimum atomic E-state index is -0.941. The van der Waals surface area contributed by atoms with Crippen molar-refractivity contribution in [1.82, 2.24) is 4.90 Å². The number of fused-ring (bicyclic) bond motifs is 1. The van der Waals surface area contributed by atoms with Gasteiger partial charge in [-0.25, -0.2) is 4.79 Å². The first-order chi connectivity index (χ1) is 16.0. The molecular weight excluding hydrogens is 454 g/mol. The number of carbonyl (C=O) groups excluding carboxylic acids is 2. The average Bonchev–Trinajstić information content (AvgIpc) is 3.09. The number of benzene rings is 3. The monoisotopic (exact) mass is 477 g/mol. The van der Waals surface area contributed by atoms with Crippen LogP contribution in [-0.2, 0) is 14.3 Å². The van der Waals surface area contributed by atoms with Crippen molar-refractivity contribution in [3.63, 3.8) is 0 Å². The van der Waals surface area contributed by atoms with Crippen molar-refractivity contribution in [3.8, 4) is 5.75 Å². The van der Waals surface area contributed by atoms with E-state index in [1.54, 1.807) is 25.1 Å². The molecule has 3 aromatic carbocycles. The van der Waals surface area contributed by atoms with Gasteiger partial charge in [-0.05, 0) is 42.3 Å². The highest BCUT2D eigenvalue weighted by Crippen LogP contribution is 2.40. The summed E-state index contributed by atoms with van der Waals surface area (Å²) in [6.07, 6.45) is 1.81. The van der Waals surface area contributed by atoms with Crippen molar-refractivity contribution < 1.29 is 19.1 Å². The Bertz CT molecular complexity index is 1240. The first kappa shape index (κ1) is 23.0. The smallest absolute Gasteiger partial charge is 0.333 e. The van der Waals surface area contributed by atoms with E-state index in [-0.39, 0.29) is 12.5 Å². The van der Waals surface area contributed by atoms with Crippen molar-refractivity contribution in [2.75, 3.05) is 13.2 Å². The number of ether oxygens (including phenoxy) is 2. The summed E-state index contributed by atoms with van der Waals surface area (Å²) in [4.78, 5) is 28.2. The molecule has 1 unspecified atom stereocenters. The van der Waals surface area contributed by atoms with Gasteiger partial charge < -0.3 is 9.47 Å². The maximum absolute atomic E-state index is 13.5. The van der Waals surface area contributed by atoms with Gasteiger partial charge in [0.05, 0.1) is 18.1 Å². The third-order valence-electron chi connectivity index (χ3n) is 5.21. The minimum Gasteiger partial charge on any atom is -0.493 e. The predicted molar refractivity (Wildman–Crippen MR) is 136 cm³/mol. The Hall–Kier alpha value is -3.16. The topological polar surface area (TPSA) is 55.8 Å². The second-order valence-corrected chi connectivity index (χ2v) is 8.92. The summed E-state index contributed by atoms with van der Waals surface area (Å²) >= 11 is 6.73. The van der Waals surface area contributed by atoms with E-state index in [1.165, 1.54) is 16.7 Å². The Balaban J connectivity index is 1.78. The second kappa shape index (κ2) is 10.2. The van der Waals surface area contributed by atoms with Crippen LogP contribution in [0.1, 0.15) is 31.0 Å². The van der Waals surface area contributed by atoms with E-state index in [1.807, 2.05) is 61.5 Å². The Morgan fingerprint density at radius 1 is 1.03 bits per heavy atom. The summed E-state index contributed by atoms with van der Waals surface area (Å²) in [6, 6.07) is 20.0. The van der Waals surface area contributed by atoms with E-state index >= 15 is 0 Å². The first-order valence-electron chi connectivity index (χ1n) is 10.7. The molecule has 0 spiro atoms. The van der Waals surface area contributed by atoms with Gasteiger partial charge in [-0.2, -0.15) is 0 Å². The molecule has 0 bridgehead atoms. The molecule has 0 aromatic heterocycles. The van der Waals surface area contributed by atoms with Crippen LogP contribution >= 0.6 is 24.0 Å². The van der Waals surface area contributed by atoms with Gasteiger partial charge in [0.1, 0.15) is 10.1 Å². The van der Waals surface area contributed by atoms with Gasteiger partial charge in [0, 0.05) is 5.56 Å². The van der Waals surface area contributed by atoms with Crippen LogP contribution < -0.4 is 4.74 Å². The molecule has 7 heteroatoms. The molecule has 0 radical (unpaired) electrons. The number of thiocarbonyl (C=S) groups is 1. The van der Waals surface area contributed by atoms with Crippen molar-refractivity contribution in [2.45, 2.75) is 19.9 Å². The molecule has 1 heterocycles. The van der Waals surface area contributed by atoms with Gasteiger partial charge in [0.2, 0.25) is 0 Å². The molecule has 3 aromatic rings. The molecule has 0 N–H and O–H groups in total. The molecule has 4 rings (SSSR count). The van der Waals surface area contributed by atoms with Crippen LogP contribution in [0.15, 0.2) is 71.6 Å². The summed E-state index contributed by atoms with van der Waals surface area (Å²) in [5, 5.41) is 2.01. The highest BCUT2D eigenvalue weighted by atomic mass is 32.2. The lowest BCUT2D eigenvalue weighted by Crippen LogP contribution is -2.38. The molecule has 1 atom stereocenters. The molecule has 1 saturated heterocycles. The van der Waals surface area contributed by atoms with Crippen LogP contribution in [0.25, 0.3) is 16.8 Å². The number of hydrogen-bond donors (Lipinski definition) is 0. The lowest BCUT2D eigenvalue weighted by atomic mass is 10.0. The van der Waals surface area contributed by atoms with Crippen molar-refractivity contribution >= 4 is 57.0 Å². The summed E-state index contributed by atoms with van der Waals surface area (Å²) < 4.78 is 11.4. The quantitative estimate of drug-likeness (QED) is 0.246. The van der Waals surface area contributed by atoms with Crippen LogP contribution in [0.5, 0.6) is 5.75 Å². The maximum atomic E-state index is 13.5. The van der Waals surface area contributed by atoms with Crippen LogP contribution in [0.3, 0.4) is 0 Å². The van der Waals surface area contributed by atoms with E-state index in [0.29, 0.717) is 27.1 Å². The molecule has 168 valence electrons. The van der Waals surface area contributed by atoms with Gasteiger partial charge in [-0.1, -0.05) is 84.6 Å². The van der Waals surface area contributed by atoms with Gasteiger partial charge in [-0.3, -0.25) is 9.69 Å². The van der Waals surface area contributed by atoms with Crippen LogP contribution in [0.2, 0.25) is 0 Å². The van der Waals surface area contributed by atoms with Gasteiger partial charge >= 0.3 is 5.97 Å². The summed E-state index contributed by atoms with van der Waals surface area (Å²) in [6.45, 7) is 4.36. The van der Waals surface area contributed by atoms with E-state index < -0.39 is 12.0 Å². The molecular formula is C26H23NO4S2. The number of rotatable bonds is 7. The predicted octanol–water partition coefficient (Wildman–Crippen LogP) is 5.74. The van der Waals surface area contributed by atoms with E-state index in [4.69, 9.17) is 21.7 Å². The summed E-state index contributed by atoms with van der Waals surface area (Å²) in [5.41, 5.74) is 1.46. The minimum absolute atomic E-state index is 0.209. The van der Waals surface area contributed by atoms with Crippen molar-refractivity contribution in [3.05, 3.63) is 82.8 Å². The van der Waals surface area contributed by atoms with Crippen LogP contribution in [-0.4, -0.2) is 34.3 Å². The van der Waals surface area contributed by atoms with Crippen molar-refractivity contribution in [2.24, 2.45) is 0 Å². The van der Waals surface area contributed by atoms with E-state index in [2.05, 4.69) is 0 Å². The lowest BCUT2D eigenvalue weighted by molar-refractivity contribution is -0.151. The number of carbonyl (C=O) groups is 2. The second-order valence-electron chi connectivity index (χ2n) is 7.25. The molecule has 5 nitrogen and oxygen atoms in total. The molecule has 1 amide bonds. The zero-order valence-electron chi connectivity index (χ0n) is 18.3. The Labute approximate surface area is 202 Å². The highest BCUT2D eigenvalue weighted by molar-refractivity contribution is 8.26. The fourth-order valence-corrected chi connectivity index (χ4v) is 5.08. The zero-order valence-corrected chi connectivity index (χ0v) is 19.9. The zero-order chi connectivity index (χ0) is 23.4. The fourth-order valence-electron chi connectivity index (χ4n) is 3.79. The molecule has 1 aliphatic heterocycles. The van der Waals surface area contributed by atoms with E-state index in [0.717, 1.165) is 16.3 Å². The number of amides is 1. The third kappa shape index (κ3) is 4.65. The summed E-state index contributed by atoms with van der Waals surface area (Å²) in [5.74, 6) is -0.157. The van der Waals surface area contributed by atoms with Gasteiger partial charge in [0.25, 0.3) is 5.91 Å². The fraction of sp³-hybridized carbons (Fsp3) is 0.192. The Morgan fingerprint density at radius 3 is 2.48 bits per heavy atom. The first-order valence-corrected chi connectivity index (χ1v) is 11.9. The van der Waals surface area contributed by atoms with Crippen LogP contribution in [0, 0.1) is 0 Å². The molecule has 1 fully saturated rings. The largest absolute Gasteiger partial charge is 0.493 e. The number of thioether (sulfide) groups is 1. The number of hydrogen-bond acceptors (Lipinski definition) is 6. The van der Waals surface area contributed by atoms with Crippen LogP contribution in [0.4, 0.5) is 0 Å². The molecule has 33 heavy (non-hydrogen) atoms. The highest BCUT2D eigenvalue weighted by Gasteiger charge is 2.42. The standard InChI is InChI=1S/C26H23NO4S2/c1-3-30-21-15-14-17-10-8-9-13-19(17)20(21)16-22-24(28)27(26(32)33-22)23(25(29)31-4-2)18-11-6-5-7-12-18/h5-16,23H,3-4H2,1-2H3/b22-16+. The molecule has 0 saturated carbocycles. The SMILES string of the molecule is CCOC(=O)C(c1ccccc1)N1C(=O)/C(=C\c2c(OCC)ccc3ccccc23)SC1=S. The summed E-state index contributed by atoms with van der Waals surface area (Å²) in [7, 11) is 0. The van der Waals surface area contributed by atoms with Crippen molar-refractivity contribution in [1.29, 1.82) is 0 Å². The Kier molecular flexibility index (Phi) is 7.11. The Morgan fingerprint density at radius 2 is 1.76 bits per heavy atom. The third-order valence-corrected chi connectivity index (χ3v) is 6.54. The van der Waals surface area contributed by atoms with Gasteiger partial charge in [0.15, 0.2) is 6.04 Å². The van der Waals surface area contributed by atoms with E-state index in [9.17, 15) is 9.59 Å². The normalized spacial score (nSPS) is 15.8. The molecule has 0 aliphatic carbocycles. The lowest BCUT2D eigenvalue weighted by Gasteiger charge is -2.25. The maximum Gasteiger partial charge on any atom is 0.333 e. The average molecular weight is 478 g/mol.